The van der Waals surface area contributed by atoms with Crippen LogP contribution in [0.15, 0.2) is 18.3 Å². The first-order chi connectivity index (χ1) is 6.74. The summed E-state index contributed by atoms with van der Waals surface area (Å²) in [6.45, 7) is 3.63. The molecule has 1 aromatic rings. The van der Waals surface area contributed by atoms with Gasteiger partial charge in [0.15, 0.2) is 5.79 Å². The molecule has 2 rings (SSSR count). The van der Waals surface area contributed by atoms with Crippen molar-refractivity contribution in [2.45, 2.75) is 19.3 Å². The zero-order chi connectivity index (χ0) is 10.0. The molecule has 1 aromatic heterocycles. The molecular weight excluding hydrogens is 180 g/mol. The van der Waals surface area contributed by atoms with Gasteiger partial charge in [-0.3, -0.25) is 4.98 Å². The van der Waals surface area contributed by atoms with Crippen LogP contribution in [0.2, 0.25) is 0 Å². The standard InChI is InChI=1S/C10H14N2O2/c1-10(13-4-5-14-10)8-2-3-9(6-11)12-7-8/h2-3,7H,4-6,11H2,1H3. The first kappa shape index (κ1) is 9.58. The van der Waals surface area contributed by atoms with Crippen molar-refractivity contribution in [3.63, 3.8) is 0 Å². The van der Waals surface area contributed by atoms with Gasteiger partial charge in [-0.25, -0.2) is 0 Å². The average molecular weight is 194 g/mol. The summed E-state index contributed by atoms with van der Waals surface area (Å²) in [5.74, 6) is -0.625. The summed E-state index contributed by atoms with van der Waals surface area (Å²) < 4.78 is 11.0. The fourth-order valence-corrected chi connectivity index (χ4v) is 1.50. The summed E-state index contributed by atoms with van der Waals surface area (Å²) in [5, 5.41) is 0. The molecule has 14 heavy (non-hydrogen) atoms. The molecule has 0 amide bonds. The lowest BCUT2D eigenvalue weighted by Crippen LogP contribution is -2.22. The van der Waals surface area contributed by atoms with Crippen LogP contribution in [0.4, 0.5) is 0 Å². The van der Waals surface area contributed by atoms with Crippen molar-refractivity contribution in [1.82, 2.24) is 4.98 Å². The lowest BCUT2D eigenvalue weighted by atomic mass is 10.1. The smallest absolute Gasteiger partial charge is 0.193 e. The van der Waals surface area contributed by atoms with Crippen LogP contribution in [0.1, 0.15) is 18.2 Å². The van der Waals surface area contributed by atoms with Crippen molar-refractivity contribution in [2.24, 2.45) is 5.73 Å². The van der Waals surface area contributed by atoms with E-state index in [0.29, 0.717) is 19.8 Å². The topological polar surface area (TPSA) is 57.4 Å². The fraction of sp³-hybridized carbons (Fsp3) is 0.500. The predicted molar refractivity (Wildman–Crippen MR) is 51.4 cm³/mol. The molecule has 1 saturated heterocycles. The number of nitrogens with zero attached hydrogens (tertiary/aromatic N) is 1. The van der Waals surface area contributed by atoms with Crippen molar-refractivity contribution in [3.8, 4) is 0 Å². The number of rotatable bonds is 2. The Hall–Kier alpha value is -0.970. The van der Waals surface area contributed by atoms with Gasteiger partial charge >= 0.3 is 0 Å². The second kappa shape index (κ2) is 3.65. The maximum absolute atomic E-state index is 5.51. The Morgan fingerprint density at radius 2 is 2.14 bits per heavy atom. The highest BCUT2D eigenvalue weighted by Crippen LogP contribution is 2.29. The number of aromatic nitrogens is 1. The molecule has 0 saturated carbocycles. The van der Waals surface area contributed by atoms with Crippen LogP contribution in [0, 0.1) is 0 Å². The molecule has 2 heterocycles. The molecule has 0 unspecified atom stereocenters. The molecule has 0 aromatic carbocycles. The molecular formula is C10H14N2O2. The molecule has 0 radical (unpaired) electrons. The molecule has 1 aliphatic heterocycles. The molecule has 0 atom stereocenters. The number of hydrogen-bond acceptors (Lipinski definition) is 4. The van der Waals surface area contributed by atoms with E-state index in [-0.39, 0.29) is 0 Å². The quantitative estimate of drug-likeness (QED) is 0.755. The van der Waals surface area contributed by atoms with E-state index in [1.807, 2.05) is 19.1 Å². The summed E-state index contributed by atoms with van der Waals surface area (Å²) in [7, 11) is 0. The summed E-state index contributed by atoms with van der Waals surface area (Å²) >= 11 is 0. The van der Waals surface area contributed by atoms with E-state index in [4.69, 9.17) is 15.2 Å². The van der Waals surface area contributed by atoms with Crippen LogP contribution in [-0.2, 0) is 21.8 Å². The van der Waals surface area contributed by atoms with Crippen LogP contribution < -0.4 is 5.73 Å². The molecule has 0 aliphatic carbocycles. The van der Waals surface area contributed by atoms with Gasteiger partial charge in [-0.05, 0) is 13.0 Å². The maximum atomic E-state index is 5.51. The Morgan fingerprint density at radius 3 is 2.64 bits per heavy atom. The van der Waals surface area contributed by atoms with E-state index in [9.17, 15) is 0 Å². The van der Waals surface area contributed by atoms with Crippen LogP contribution >= 0.6 is 0 Å². The van der Waals surface area contributed by atoms with Crippen molar-refractivity contribution in [3.05, 3.63) is 29.6 Å². The third-order valence-electron chi connectivity index (χ3n) is 2.40. The largest absolute Gasteiger partial charge is 0.344 e. The third-order valence-corrected chi connectivity index (χ3v) is 2.40. The number of ether oxygens (including phenoxy) is 2. The molecule has 76 valence electrons. The summed E-state index contributed by atoms with van der Waals surface area (Å²) in [4.78, 5) is 4.20. The fourth-order valence-electron chi connectivity index (χ4n) is 1.50. The highest BCUT2D eigenvalue weighted by molar-refractivity contribution is 5.19. The Morgan fingerprint density at radius 1 is 1.43 bits per heavy atom. The summed E-state index contributed by atoms with van der Waals surface area (Å²) in [5.41, 5.74) is 7.27. The van der Waals surface area contributed by atoms with Crippen LogP contribution in [0.3, 0.4) is 0 Å². The maximum Gasteiger partial charge on any atom is 0.193 e. The van der Waals surface area contributed by atoms with Gasteiger partial charge in [-0.1, -0.05) is 6.07 Å². The van der Waals surface area contributed by atoms with Gasteiger partial charge in [0.25, 0.3) is 0 Å². The van der Waals surface area contributed by atoms with E-state index in [2.05, 4.69) is 4.98 Å². The SMILES string of the molecule is CC1(c2ccc(CN)nc2)OCCO1. The molecule has 0 bridgehead atoms. The molecule has 4 heteroatoms. The average Bonchev–Trinajstić information content (AvgIpc) is 2.67. The van der Waals surface area contributed by atoms with Gasteiger partial charge in [-0.2, -0.15) is 0 Å². The molecule has 4 nitrogen and oxygen atoms in total. The zero-order valence-electron chi connectivity index (χ0n) is 8.19. The van der Waals surface area contributed by atoms with E-state index >= 15 is 0 Å². The van der Waals surface area contributed by atoms with Gasteiger partial charge < -0.3 is 15.2 Å². The van der Waals surface area contributed by atoms with E-state index in [0.717, 1.165) is 11.3 Å². The molecule has 2 N–H and O–H groups in total. The highest BCUT2D eigenvalue weighted by atomic mass is 16.7. The first-order valence-electron chi connectivity index (χ1n) is 4.68. The Bertz CT molecular complexity index is 304. The Labute approximate surface area is 83.0 Å². The van der Waals surface area contributed by atoms with E-state index in [1.165, 1.54) is 0 Å². The van der Waals surface area contributed by atoms with E-state index < -0.39 is 5.79 Å². The Balaban J connectivity index is 2.23. The van der Waals surface area contributed by atoms with Crippen molar-refractivity contribution in [1.29, 1.82) is 0 Å². The van der Waals surface area contributed by atoms with Gasteiger partial charge in [0.2, 0.25) is 0 Å². The molecule has 1 fully saturated rings. The predicted octanol–water partition coefficient (Wildman–Crippen LogP) is 0.760. The van der Waals surface area contributed by atoms with Crippen LogP contribution in [0.5, 0.6) is 0 Å². The Kier molecular flexibility index (Phi) is 2.50. The van der Waals surface area contributed by atoms with E-state index in [1.54, 1.807) is 6.20 Å². The van der Waals surface area contributed by atoms with Gasteiger partial charge in [-0.15, -0.1) is 0 Å². The van der Waals surface area contributed by atoms with Crippen molar-refractivity contribution < 1.29 is 9.47 Å². The monoisotopic (exact) mass is 194 g/mol. The minimum Gasteiger partial charge on any atom is -0.344 e. The third kappa shape index (κ3) is 1.64. The van der Waals surface area contributed by atoms with Crippen molar-refractivity contribution in [2.75, 3.05) is 13.2 Å². The van der Waals surface area contributed by atoms with Gasteiger partial charge in [0.1, 0.15) is 0 Å². The number of pyridine rings is 1. The molecule has 1 aliphatic rings. The van der Waals surface area contributed by atoms with Crippen molar-refractivity contribution >= 4 is 0 Å². The zero-order valence-corrected chi connectivity index (χ0v) is 8.19. The van der Waals surface area contributed by atoms with Crippen LogP contribution in [-0.4, -0.2) is 18.2 Å². The normalized spacial score (nSPS) is 19.9. The summed E-state index contributed by atoms with van der Waals surface area (Å²) in [6, 6.07) is 3.84. The first-order valence-corrected chi connectivity index (χ1v) is 4.68. The molecule has 0 spiro atoms. The number of nitrogens with two attached hydrogens (primary N) is 1. The minimum atomic E-state index is -0.625. The van der Waals surface area contributed by atoms with Gasteiger partial charge in [0.05, 0.1) is 18.9 Å². The minimum absolute atomic E-state index is 0.457. The number of hydrogen-bond donors (Lipinski definition) is 1. The highest BCUT2D eigenvalue weighted by Gasteiger charge is 2.33. The summed E-state index contributed by atoms with van der Waals surface area (Å²) in [6.07, 6.45) is 1.76. The lowest BCUT2D eigenvalue weighted by molar-refractivity contribution is -0.149. The lowest BCUT2D eigenvalue weighted by Gasteiger charge is -2.22. The second-order valence-electron chi connectivity index (χ2n) is 3.38. The van der Waals surface area contributed by atoms with Gasteiger partial charge in [0, 0.05) is 18.3 Å². The van der Waals surface area contributed by atoms with Crippen LogP contribution in [0.25, 0.3) is 0 Å². The second-order valence-corrected chi connectivity index (χ2v) is 3.38.